The molecule has 0 aliphatic heterocycles. The van der Waals surface area contributed by atoms with Crippen LogP contribution < -0.4 is 16.0 Å². The van der Waals surface area contributed by atoms with E-state index in [-0.39, 0.29) is 32.7 Å². The molecule has 242 valence electrons. The molecule has 3 rings (SSSR count). The standard InChI is InChI=1S/C32H41N5O7S/c1-2-11-28(37(42)23-38)26(22-43-20-24-12-5-3-6-13-24)29(39)35-27(30(40)36-31-33-18-19-45-31)16-9-10-17-34-32(41)44-21-25-14-7-4-8-15-25/h3-8,12-15,18-19,23,26-28,42H,2,9-11,16-17,20-22H2,1H3,(H,34,41)(H,35,39)(H,33,36,40)/t26-,27-,28-/m0/s1. The number of carbonyl (C=O) groups is 4. The summed E-state index contributed by atoms with van der Waals surface area (Å²) in [7, 11) is 0. The maximum Gasteiger partial charge on any atom is 0.407 e. The maximum absolute atomic E-state index is 13.7. The van der Waals surface area contributed by atoms with Crippen molar-refractivity contribution in [3.8, 4) is 0 Å². The lowest BCUT2D eigenvalue weighted by atomic mass is 9.94. The summed E-state index contributed by atoms with van der Waals surface area (Å²) in [5.41, 5.74) is 1.78. The third-order valence-electron chi connectivity index (χ3n) is 6.94. The van der Waals surface area contributed by atoms with E-state index in [1.165, 1.54) is 11.3 Å². The molecule has 0 saturated carbocycles. The molecule has 0 fully saturated rings. The number of thiazole rings is 1. The summed E-state index contributed by atoms with van der Waals surface area (Å²) in [6.45, 7) is 2.48. The molecule has 1 aromatic heterocycles. The second kappa shape index (κ2) is 19.8. The first-order valence-corrected chi connectivity index (χ1v) is 15.8. The van der Waals surface area contributed by atoms with Crippen LogP contribution in [0.2, 0.25) is 0 Å². The number of benzene rings is 2. The number of ether oxygens (including phenoxy) is 2. The van der Waals surface area contributed by atoms with Gasteiger partial charge in [0.05, 0.1) is 25.2 Å². The van der Waals surface area contributed by atoms with Crippen molar-refractivity contribution >= 4 is 40.8 Å². The van der Waals surface area contributed by atoms with Gasteiger partial charge in [-0.05, 0) is 36.8 Å². The van der Waals surface area contributed by atoms with Gasteiger partial charge in [-0.2, -0.15) is 0 Å². The van der Waals surface area contributed by atoms with Crippen molar-refractivity contribution in [3.63, 3.8) is 0 Å². The predicted molar refractivity (Wildman–Crippen MR) is 169 cm³/mol. The first-order chi connectivity index (χ1) is 21.9. The van der Waals surface area contributed by atoms with Gasteiger partial charge in [-0.25, -0.2) is 14.8 Å². The summed E-state index contributed by atoms with van der Waals surface area (Å²) < 4.78 is 11.1. The normalized spacial score (nSPS) is 12.8. The van der Waals surface area contributed by atoms with Crippen LogP contribution in [0.3, 0.4) is 0 Å². The Hall–Kier alpha value is -4.33. The zero-order chi connectivity index (χ0) is 32.3. The average molecular weight is 640 g/mol. The summed E-state index contributed by atoms with van der Waals surface area (Å²) in [6.07, 6.45) is 3.48. The van der Waals surface area contributed by atoms with Gasteiger partial charge in [0.2, 0.25) is 18.2 Å². The van der Waals surface area contributed by atoms with Crippen molar-refractivity contribution in [3.05, 3.63) is 83.4 Å². The van der Waals surface area contributed by atoms with E-state index in [4.69, 9.17) is 9.47 Å². The zero-order valence-electron chi connectivity index (χ0n) is 25.3. The third kappa shape index (κ3) is 12.7. The molecule has 4 N–H and O–H groups in total. The number of alkyl carbamates (subject to hydrolysis) is 1. The molecule has 3 aromatic rings. The molecule has 0 bridgehead atoms. The summed E-state index contributed by atoms with van der Waals surface area (Å²) in [5.74, 6) is -1.95. The number of amides is 4. The Morgan fingerprint density at radius 3 is 2.29 bits per heavy atom. The van der Waals surface area contributed by atoms with Gasteiger partial charge in [0, 0.05) is 18.1 Å². The smallest absolute Gasteiger partial charge is 0.407 e. The lowest BCUT2D eigenvalue weighted by molar-refractivity contribution is -0.171. The highest BCUT2D eigenvalue weighted by molar-refractivity contribution is 7.13. The summed E-state index contributed by atoms with van der Waals surface area (Å²) >= 11 is 1.24. The van der Waals surface area contributed by atoms with Crippen LogP contribution in [0.4, 0.5) is 9.93 Å². The highest BCUT2D eigenvalue weighted by atomic mass is 32.1. The second-order valence-corrected chi connectivity index (χ2v) is 11.2. The molecule has 2 aromatic carbocycles. The highest BCUT2D eigenvalue weighted by Gasteiger charge is 2.34. The number of carbonyl (C=O) groups excluding carboxylic acids is 4. The number of nitrogens with zero attached hydrogens (tertiary/aromatic N) is 2. The Labute approximate surface area is 267 Å². The Morgan fingerprint density at radius 2 is 1.67 bits per heavy atom. The quantitative estimate of drug-likeness (QED) is 0.0608. The van der Waals surface area contributed by atoms with Gasteiger partial charge in [-0.1, -0.05) is 74.0 Å². The van der Waals surface area contributed by atoms with Crippen LogP contribution in [-0.2, 0) is 37.1 Å². The van der Waals surface area contributed by atoms with Crippen LogP contribution in [-0.4, -0.2) is 64.8 Å². The Morgan fingerprint density at radius 1 is 0.978 bits per heavy atom. The van der Waals surface area contributed by atoms with Gasteiger partial charge in [-0.15, -0.1) is 11.3 Å². The molecule has 3 atom stereocenters. The van der Waals surface area contributed by atoms with Crippen LogP contribution in [0.1, 0.15) is 50.2 Å². The number of hydroxylamine groups is 2. The number of unbranched alkanes of at least 4 members (excludes halogenated alkanes) is 1. The minimum absolute atomic E-state index is 0.0911. The fourth-order valence-corrected chi connectivity index (χ4v) is 5.13. The molecule has 0 aliphatic carbocycles. The SMILES string of the molecule is CCC[C@@H]([C@H](COCc1ccccc1)C(=O)N[C@@H](CCCCNC(=O)OCc1ccccc1)C(=O)Nc1nccs1)N(O)C=O. The minimum atomic E-state index is -0.958. The molecule has 0 unspecified atom stereocenters. The molecule has 0 aliphatic rings. The van der Waals surface area contributed by atoms with Crippen molar-refractivity contribution in [1.29, 1.82) is 0 Å². The fraction of sp³-hybridized carbons (Fsp3) is 0.406. The lowest BCUT2D eigenvalue weighted by Gasteiger charge is -2.31. The summed E-state index contributed by atoms with van der Waals surface area (Å²) in [5, 5.41) is 21.2. The van der Waals surface area contributed by atoms with E-state index in [1.807, 2.05) is 67.6 Å². The topological polar surface area (TPSA) is 159 Å². The average Bonchev–Trinajstić information content (AvgIpc) is 3.57. The second-order valence-electron chi connectivity index (χ2n) is 10.3. The van der Waals surface area contributed by atoms with Crippen molar-refractivity contribution in [2.24, 2.45) is 5.92 Å². The first-order valence-electron chi connectivity index (χ1n) is 14.9. The Kier molecular flexibility index (Phi) is 15.5. The van der Waals surface area contributed by atoms with Crippen LogP contribution in [0.15, 0.2) is 72.2 Å². The van der Waals surface area contributed by atoms with Crippen molar-refractivity contribution < 1.29 is 33.9 Å². The van der Waals surface area contributed by atoms with Crippen molar-refractivity contribution in [2.75, 3.05) is 18.5 Å². The molecule has 0 radical (unpaired) electrons. The van der Waals surface area contributed by atoms with Gasteiger partial charge in [-0.3, -0.25) is 19.6 Å². The molecule has 4 amide bonds. The van der Waals surface area contributed by atoms with Gasteiger partial charge in [0.1, 0.15) is 12.6 Å². The lowest BCUT2D eigenvalue weighted by Crippen LogP contribution is -2.52. The first kappa shape index (κ1) is 35.2. The zero-order valence-corrected chi connectivity index (χ0v) is 26.1. The van der Waals surface area contributed by atoms with Gasteiger partial charge in [0.15, 0.2) is 5.13 Å². The van der Waals surface area contributed by atoms with E-state index in [9.17, 15) is 24.4 Å². The largest absolute Gasteiger partial charge is 0.445 e. The number of anilines is 1. The van der Waals surface area contributed by atoms with E-state index in [2.05, 4.69) is 20.9 Å². The number of aromatic nitrogens is 1. The summed E-state index contributed by atoms with van der Waals surface area (Å²) in [4.78, 5) is 54.6. The molecular weight excluding hydrogens is 598 g/mol. The molecule has 0 spiro atoms. The maximum atomic E-state index is 13.7. The monoisotopic (exact) mass is 639 g/mol. The van der Waals surface area contributed by atoms with Crippen molar-refractivity contribution in [2.45, 2.75) is 64.3 Å². The molecule has 12 nitrogen and oxygen atoms in total. The van der Waals surface area contributed by atoms with Crippen LogP contribution in [0.5, 0.6) is 0 Å². The van der Waals surface area contributed by atoms with Gasteiger partial charge >= 0.3 is 6.09 Å². The van der Waals surface area contributed by atoms with E-state index >= 15 is 0 Å². The Balaban J connectivity index is 1.61. The van der Waals surface area contributed by atoms with Crippen LogP contribution in [0, 0.1) is 5.92 Å². The van der Waals surface area contributed by atoms with Crippen LogP contribution >= 0.6 is 11.3 Å². The van der Waals surface area contributed by atoms with Crippen molar-refractivity contribution in [1.82, 2.24) is 20.7 Å². The molecule has 45 heavy (non-hydrogen) atoms. The number of hydrogen-bond acceptors (Lipinski definition) is 9. The molecule has 13 heteroatoms. The number of hydrogen-bond donors (Lipinski definition) is 4. The van der Waals surface area contributed by atoms with E-state index in [0.717, 1.165) is 11.1 Å². The van der Waals surface area contributed by atoms with E-state index in [1.54, 1.807) is 11.6 Å². The number of nitrogens with one attached hydrogen (secondary N) is 3. The molecule has 1 heterocycles. The highest BCUT2D eigenvalue weighted by Crippen LogP contribution is 2.19. The van der Waals surface area contributed by atoms with E-state index < -0.39 is 35.9 Å². The third-order valence-corrected chi connectivity index (χ3v) is 7.63. The molecular formula is C32H41N5O7S. The number of rotatable bonds is 20. The predicted octanol–water partition coefficient (Wildman–Crippen LogP) is 4.51. The fourth-order valence-electron chi connectivity index (χ4n) is 4.59. The van der Waals surface area contributed by atoms with E-state index in [0.29, 0.717) is 42.4 Å². The molecule has 0 saturated heterocycles. The van der Waals surface area contributed by atoms with Gasteiger partial charge in [0.25, 0.3) is 0 Å². The minimum Gasteiger partial charge on any atom is -0.445 e. The summed E-state index contributed by atoms with van der Waals surface area (Å²) in [6, 6.07) is 16.9. The van der Waals surface area contributed by atoms with Crippen LogP contribution in [0.25, 0.3) is 0 Å². The van der Waals surface area contributed by atoms with Gasteiger partial charge < -0.3 is 25.4 Å². The Bertz CT molecular complexity index is 1300.